The maximum Gasteiger partial charge on any atom is 0.326 e. The summed E-state index contributed by atoms with van der Waals surface area (Å²) in [6, 6.07) is 22.9. The van der Waals surface area contributed by atoms with Crippen molar-refractivity contribution in [2.75, 3.05) is 0 Å². The van der Waals surface area contributed by atoms with E-state index in [2.05, 4.69) is 34.6 Å². The Bertz CT molecular complexity index is 1500. The number of fused-ring (bicyclic) bond motifs is 2. The van der Waals surface area contributed by atoms with Crippen molar-refractivity contribution < 1.29 is 14.7 Å². The van der Waals surface area contributed by atoms with Crippen LogP contribution in [0.1, 0.15) is 31.9 Å². The highest BCUT2D eigenvalue weighted by atomic mass is 32.1. The molecule has 0 aliphatic rings. The quantitative estimate of drug-likeness (QED) is 0.286. The molecule has 0 bridgehead atoms. The van der Waals surface area contributed by atoms with Crippen LogP contribution >= 0.6 is 11.3 Å². The van der Waals surface area contributed by atoms with Gasteiger partial charge in [-0.05, 0) is 47.6 Å². The van der Waals surface area contributed by atoms with Crippen LogP contribution in [0.15, 0.2) is 79.0 Å². The second-order valence-electron chi connectivity index (χ2n) is 8.50. The molecule has 1 unspecified atom stereocenters. The van der Waals surface area contributed by atoms with E-state index in [-0.39, 0.29) is 12.3 Å². The Hall–Kier alpha value is -3.90. The summed E-state index contributed by atoms with van der Waals surface area (Å²) < 4.78 is 1.01. The molecule has 5 nitrogen and oxygen atoms in total. The normalized spacial score (nSPS) is 12.1. The van der Waals surface area contributed by atoms with Gasteiger partial charge >= 0.3 is 5.97 Å². The van der Waals surface area contributed by atoms with Crippen molar-refractivity contribution in [3.05, 3.63) is 106 Å². The van der Waals surface area contributed by atoms with Crippen LogP contribution in [0, 0.1) is 6.92 Å². The highest BCUT2D eigenvalue weighted by Crippen LogP contribution is 2.33. The third kappa shape index (κ3) is 4.32. The number of hydrogen-bond donors (Lipinski definition) is 3. The SMILES string of the molecule is Cc1ccc(Cc2c(C(=O)NC(Cc3c[nH]c4ccccc34)C(=O)O)sc3ccccc23)cc1. The van der Waals surface area contributed by atoms with Gasteiger partial charge in [0.1, 0.15) is 6.04 Å². The highest BCUT2D eigenvalue weighted by Gasteiger charge is 2.25. The molecule has 5 aromatic rings. The summed E-state index contributed by atoms with van der Waals surface area (Å²) in [7, 11) is 0. The summed E-state index contributed by atoms with van der Waals surface area (Å²) in [5.74, 6) is -1.41. The number of benzene rings is 3. The van der Waals surface area contributed by atoms with E-state index in [0.717, 1.165) is 37.7 Å². The number of aromatic nitrogens is 1. The van der Waals surface area contributed by atoms with Gasteiger partial charge in [-0.25, -0.2) is 4.79 Å². The number of carboxylic acids is 1. The molecule has 0 saturated carbocycles. The number of carboxylic acid groups (broad SMARTS) is 1. The zero-order valence-electron chi connectivity index (χ0n) is 18.7. The zero-order valence-corrected chi connectivity index (χ0v) is 19.5. The minimum atomic E-state index is -1.06. The molecular formula is C28H24N2O3S. The van der Waals surface area contributed by atoms with Gasteiger partial charge in [-0.1, -0.05) is 66.2 Å². The Labute approximate surface area is 201 Å². The van der Waals surface area contributed by atoms with E-state index in [1.54, 1.807) is 0 Å². The molecule has 0 saturated heterocycles. The number of aromatic amines is 1. The topological polar surface area (TPSA) is 82.2 Å². The van der Waals surface area contributed by atoms with Crippen molar-refractivity contribution in [3.8, 4) is 0 Å². The largest absolute Gasteiger partial charge is 0.480 e. The molecule has 5 rings (SSSR count). The summed E-state index contributed by atoms with van der Waals surface area (Å²) in [4.78, 5) is 29.2. The summed E-state index contributed by atoms with van der Waals surface area (Å²) in [6.45, 7) is 2.04. The molecule has 2 heterocycles. The van der Waals surface area contributed by atoms with Crippen LogP contribution in [0.5, 0.6) is 0 Å². The summed E-state index contributed by atoms with van der Waals surface area (Å²) in [5.41, 5.74) is 5.02. The first-order valence-corrected chi connectivity index (χ1v) is 12.0. The third-order valence-electron chi connectivity index (χ3n) is 6.11. The number of H-pyrrole nitrogens is 1. The van der Waals surface area contributed by atoms with Crippen molar-refractivity contribution in [2.45, 2.75) is 25.8 Å². The lowest BCUT2D eigenvalue weighted by molar-refractivity contribution is -0.139. The summed E-state index contributed by atoms with van der Waals surface area (Å²) in [6.07, 6.45) is 2.62. The fourth-order valence-corrected chi connectivity index (χ4v) is 5.44. The second kappa shape index (κ2) is 9.15. The molecule has 0 fully saturated rings. The molecule has 6 heteroatoms. The van der Waals surface area contributed by atoms with Gasteiger partial charge in [0.15, 0.2) is 0 Å². The minimum Gasteiger partial charge on any atom is -0.480 e. The molecule has 3 aromatic carbocycles. The molecule has 0 spiro atoms. The fraction of sp³-hybridized carbons (Fsp3) is 0.143. The van der Waals surface area contributed by atoms with E-state index in [4.69, 9.17) is 0 Å². The van der Waals surface area contributed by atoms with Crippen LogP contribution in [0.4, 0.5) is 0 Å². The van der Waals surface area contributed by atoms with Gasteiger partial charge < -0.3 is 15.4 Å². The molecule has 0 aliphatic heterocycles. The fourth-order valence-electron chi connectivity index (χ4n) is 4.31. The van der Waals surface area contributed by atoms with Crippen LogP contribution < -0.4 is 5.32 Å². The third-order valence-corrected chi connectivity index (χ3v) is 7.32. The lowest BCUT2D eigenvalue weighted by atomic mass is 10.00. The van der Waals surface area contributed by atoms with Crippen LogP contribution in [0.2, 0.25) is 0 Å². The Morgan fingerprint density at radius 2 is 1.68 bits per heavy atom. The summed E-state index contributed by atoms with van der Waals surface area (Å²) >= 11 is 1.41. The molecule has 3 N–H and O–H groups in total. The van der Waals surface area contributed by atoms with Crippen molar-refractivity contribution in [2.24, 2.45) is 0 Å². The average Bonchev–Trinajstić information content (AvgIpc) is 3.42. The molecule has 170 valence electrons. The monoisotopic (exact) mass is 468 g/mol. The average molecular weight is 469 g/mol. The molecule has 34 heavy (non-hydrogen) atoms. The van der Waals surface area contributed by atoms with Gasteiger partial charge in [-0.2, -0.15) is 0 Å². The Morgan fingerprint density at radius 1 is 0.971 bits per heavy atom. The van der Waals surface area contributed by atoms with Crippen LogP contribution in [0.25, 0.3) is 21.0 Å². The predicted octanol–water partition coefficient (Wildman–Crippen LogP) is 5.71. The molecule has 1 amide bonds. The second-order valence-corrected chi connectivity index (χ2v) is 9.55. The number of rotatable bonds is 7. The van der Waals surface area contributed by atoms with Crippen molar-refractivity contribution >= 4 is 44.2 Å². The maximum atomic E-state index is 13.4. The molecule has 2 aromatic heterocycles. The van der Waals surface area contributed by atoms with Crippen LogP contribution in [-0.2, 0) is 17.6 Å². The van der Waals surface area contributed by atoms with Gasteiger partial charge in [-0.15, -0.1) is 11.3 Å². The lowest BCUT2D eigenvalue weighted by Crippen LogP contribution is -2.42. The first-order chi connectivity index (χ1) is 16.5. The standard InChI is InChI=1S/C28H24N2O3S/c1-17-10-12-18(13-11-17)14-22-21-7-3-5-9-25(21)34-26(22)27(31)30-24(28(32)33)15-19-16-29-23-8-4-2-6-20(19)23/h2-13,16,24,29H,14-15H2,1H3,(H,30,31)(H,32,33). The zero-order chi connectivity index (χ0) is 23.7. The molecule has 1 atom stereocenters. The predicted molar refractivity (Wildman–Crippen MR) is 137 cm³/mol. The van der Waals surface area contributed by atoms with Crippen LogP contribution in [0.3, 0.4) is 0 Å². The van der Waals surface area contributed by atoms with Crippen LogP contribution in [-0.4, -0.2) is 28.0 Å². The first-order valence-electron chi connectivity index (χ1n) is 11.1. The van der Waals surface area contributed by atoms with Crippen molar-refractivity contribution in [3.63, 3.8) is 0 Å². The van der Waals surface area contributed by atoms with E-state index in [1.807, 2.05) is 61.7 Å². The number of aliphatic carboxylic acids is 1. The van der Waals surface area contributed by atoms with Gasteiger partial charge in [0.25, 0.3) is 5.91 Å². The Kier molecular flexibility index (Phi) is 5.90. The number of amides is 1. The lowest BCUT2D eigenvalue weighted by Gasteiger charge is -2.15. The molecule has 0 radical (unpaired) electrons. The minimum absolute atomic E-state index is 0.198. The summed E-state index contributed by atoms with van der Waals surface area (Å²) in [5, 5.41) is 14.7. The smallest absolute Gasteiger partial charge is 0.326 e. The number of carbonyl (C=O) groups excluding carboxylic acids is 1. The number of carbonyl (C=O) groups is 2. The van der Waals surface area contributed by atoms with Crippen molar-refractivity contribution in [1.29, 1.82) is 0 Å². The van der Waals surface area contributed by atoms with Gasteiger partial charge in [0.2, 0.25) is 0 Å². The van der Waals surface area contributed by atoms with E-state index < -0.39 is 12.0 Å². The molecule has 0 aliphatic carbocycles. The van der Waals surface area contributed by atoms with Crippen molar-refractivity contribution in [1.82, 2.24) is 10.3 Å². The maximum absolute atomic E-state index is 13.4. The Morgan fingerprint density at radius 3 is 2.44 bits per heavy atom. The number of hydrogen-bond acceptors (Lipinski definition) is 3. The van der Waals surface area contributed by atoms with Gasteiger partial charge in [0, 0.05) is 28.2 Å². The Balaban J connectivity index is 1.45. The number of aryl methyl sites for hydroxylation is 1. The number of thiophene rings is 1. The van der Waals surface area contributed by atoms with Gasteiger partial charge in [-0.3, -0.25) is 4.79 Å². The van der Waals surface area contributed by atoms with E-state index in [1.165, 1.54) is 16.9 Å². The number of para-hydroxylation sites is 1. The highest BCUT2D eigenvalue weighted by molar-refractivity contribution is 7.21. The van der Waals surface area contributed by atoms with E-state index in [0.29, 0.717) is 11.3 Å². The molecular weight excluding hydrogens is 444 g/mol. The first kappa shape index (κ1) is 21.9. The van der Waals surface area contributed by atoms with E-state index >= 15 is 0 Å². The van der Waals surface area contributed by atoms with Gasteiger partial charge in [0.05, 0.1) is 4.88 Å². The van der Waals surface area contributed by atoms with E-state index in [9.17, 15) is 14.7 Å². The number of nitrogens with one attached hydrogen (secondary N) is 2.